The van der Waals surface area contributed by atoms with Gasteiger partial charge in [0.2, 0.25) is 5.91 Å². The van der Waals surface area contributed by atoms with Crippen molar-refractivity contribution in [1.82, 2.24) is 0 Å². The third kappa shape index (κ3) is 5.29. The van der Waals surface area contributed by atoms with Gasteiger partial charge in [0.25, 0.3) is 5.91 Å². The molecule has 4 rings (SSSR count). The summed E-state index contributed by atoms with van der Waals surface area (Å²) in [6, 6.07) is 7.07. The maximum absolute atomic E-state index is 13.1. The van der Waals surface area contributed by atoms with Gasteiger partial charge < -0.3 is 14.5 Å². The number of piperidine rings is 2. The van der Waals surface area contributed by atoms with Gasteiger partial charge in [-0.05, 0) is 75.1 Å². The van der Waals surface area contributed by atoms with Gasteiger partial charge in [0.15, 0.2) is 6.04 Å². The molecule has 0 spiro atoms. The van der Waals surface area contributed by atoms with Crippen molar-refractivity contribution in [3.8, 4) is 5.75 Å². The summed E-state index contributed by atoms with van der Waals surface area (Å²) >= 11 is 0. The van der Waals surface area contributed by atoms with Crippen molar-refractivity contribution < 1.29 is 24.1 Å². The third-order valence-electron chi connectivity index (χ3n) is 7.68. The predicted molar refractivity (Wildman–Crippen MR) is 121 cm³/mol. The predicted octanol–water partition coefficient (Wildman–Crippen LogP) is 0.717. The van der Waals surface area contributed by atoms with Crippen LogP contribution in [-0.2, 0) is 9.59 Å². The molecule has 2 N–H and O–H groups in total. The van der Waals surface area contributed by atoms with E-state index in [0.29, 0.717) is 18.7 Å². The van der Waals surface area contributed by atoms with Crippen LogP contribution in [0.25, 0.3) is 0 Å². The van der Waals surface area contributed by atoms with Gasteiger partial charge >= 0.3 is 0 Å². The zero-order valence-corrected chi connectivity index (χ0v) is 19.2. The second-order valence-electron chi connectivity index (χ2n) is 9.82. The number of rotatable bonds is 7. The van der Waals surface area contributed by atoms with Gasteiger partial charge in [0.05, 0.1) is 51.4 Å². The number of nitrogens with zero attached hydrogens (tertiary/aromatic N) is 1. The molecule has 1 aromatic rings. The number of likely N-dealkylation sites (tertiary alicyclic amines) is 2. The molecule has 3 heterocycles. The third-order valence-corrected chi connectivity index (χ3v) is 7.68. The molecular formula is C25H39N3O3+2. The summed E-state index contributed by atoms with van der Waals surface area (Å²) in [5.74, 6) is 2.34. The monoisotopic (exact) mass is 429 g/mol. The van der Waals surface area contributed by atoms with Crippen LogP contribution >= 0.6 is 0 Å². The zero-order valence-electron chi connectivity index (χ0n) is 19.2. The molecule has 6 nitrogen and oxygen atoms in total. The summed E-state index contributed by atoms with van der Waals surface area (Å²) in [5.41, 5.74) is 0.661. The minimum absolute atomic E-state index is 0.0329. The Hall–Kier alpha value is -1.92. The molecule has 0 saturated carbocycles. The van der Waals surface area contributed by atoms with Crippen LogP contribution in [0.15, 0.2) is 24.3 Å². The number of anilines is 1. The van der Waals surface area contributed by atoms with E-state index in [2.05, 4.69) is 6.92 Å². The Morgan fingerprint density at radius 1 is 1.00 bits per heavy atom. The first-order chi connectivity index (χ1) is 15.0. The molecule has 0 aliphatic carbocycles. The summed E-state index contributed by atoms with van der Waals surface area (Å²) in [5, 5.41) is 0. The first-order valence-electron chi connectivity index (χ1n) is 12.3. The van der Waals surface area contributed by atoms with Gasteiger partial charge in [0, 0.05) is 0 Å². The maximum Gasteiger partial charge on any atom is 0.292 e. The van der Waals surface area contributed by atoms with Crippen LogP contribution in [0.5, 0.6) is 5.75 Å². The highest BCUT2D eigenvalue weighted by atomic mass is 16.5. The van der Waals surface area contributed by atoms with Crippen molar-refractivity contribution in [3.05, 3.63) is 24.3 Å². The number of carbonyl (C=O) groups is 2. The Kier molecular flexibility index (Phi) is 7.28. The number of quaternary nitrogens is 2. The molecule has 6 heteroatoms. The molecule has 170 valence electrons. The van der Waals surface area contributed by atoms with Crippen molar-refractivity contribution in [2.75, 3.05) is 44.2 Å². The van der Waals surface area contributed by atoms with Gasteiger partial charge in [-0.1, -0.05) is 6.92 Å². The van der Waals surface area contributed by atoms with Crippen LogP contribution in [0.4, 0.5) is 5.69 Å². The minimum atomic E-state index is -0.214. The molecule has 31 heavy (non-hydrogen) atoms. The molecular weight excluding hydrogens is 390 g/mol. The lowest BCUT2D eigenvalue weighted by Crippen LogP contribution is -3.17. The number of hydrogen-bond acceptors (Lipinski definition) is 3. The van der Waals surface area contributed by atoms with E-state index in [9.17, 15) is 9.59 Å². The topological polar surface area (TPSA) is 55.5 Å². The van der Waals surface area contributed by atoms with E-state index in [0.717, 1.165) is 30.7 Å². The number of hydrogen-bond donors (Lipinski definition) is 2. The lowest BCUT2D eigenvalue weighted by atomic mass is 9.91. The highest BCUT2D eigenvalue weighted by Crippen LogP contribution is 2.25. The van der Waals surface area contributed by atoms with Crippen molar-refractivity contribution in [1.29, 1.82) is 0 Å². The van der Waals surface area contributed by atoms with Gasteiger partial charge in [0.1, 0.15) is 5.75 Å². The summed E-state index contributed by atoms with van der Waals surface area (Å²) in [7, 11) is 0. The molecule has 3 aliphatic rings. The molecule has 2 amide bonds. The SMILES string of the molecule is CCOc1ccc(N2C(=O)C[C@H]([NH+]3CCC(CC[NH+]4CCC(C)CC4)CC3)C2=O)cc1. The average molecular weight is 430 g/mol. The van der Waals surface area contributed by atoms with E-state index in [1.54, 1.807) is 4.90 Å². The first-order valence-corrected chi connectivity index (χ1v) is 12.3. The molecule has 3 aliphatic heterocycles. The second kappa shape index (κ2) is 10.1. The highest BCUT2D eigenvalue weighted by Gasteiger charge is 2.46. The second-order valence-corrected chi connectivity index (χ2v) is 9.82. The lowest BCUT2D eigenvalue weighted by molar-refractivity contribution is -0.922. The van der Waals surface area contributed by atoms with Crippen LogP contribution in [0, 0.1) is 11.8 Å². The standard InChI is InChI=1S/C25H37N3O3/c1-3-31-22-6-4-21(5-7-22)28-24(29)18-23(25(28)30)27-16-11-20(12-17-27)10-15-26-13-8-19(2)9-14-26/h4-7,19-20,23H,3,8-18H2,1-2H3/p+2/t23-/m0/s1. The fraction of sp³-hybridized carbons (Fsp3) is 0.680. The molecule has 3 fully saturated rings. The fourth-order valence-electron chi connectivity index (χ4n) is 5.59. The highest BCUT2D eigenvalue weighted by molar-refractivity contribution is 6.21. The summed E-state index contributed by atoms with van der Waals surface area (Å²) < 4.78 is 5.47. The molecule has 1 atom stereocenters. The normalized spacial score (nSPS) is 31.8. The fourth-order valence-corrected chi connectivity index (χ4v) is 5.59. The van der Waals surface area contributed by atoms with Gasteiger partial charge in [-0.2, -0.15) is 0 Å². The van der Waals surface area contributed by atoms with Gasteiger partial charge in [-0.3, -0.25) is 9.59 Å². The number of carbonyl (C=O) groups excluding carboxylic acids is 2. The Labute approximate surface area is 186 Å². The molecule has 1 aromatic carbocycles. The summed E-state index contributed by atoms with van der Waals surface area (Å²) in [6.07, 6.45) is 6.76. The van der Waals surface area contributed by atoms with E-state index < -0.39 is 0 Å². The summed E-state index contributed by atoms with van der Waals surface area (Å²) in [6.45, 7) is 10.9. The summed E-state index contributed by atoms with van der Waals surface area (Å²) in [4.78, 5) is 30.3. The van der Waals surface area contributed by atoms with Gasteiger partial charge in [-0.15, -0.1) is 0 Å². The Balaban J connectivity index is 1.27. The van der Waals surface area contributed by atoms with E-state index >= 15 is 0 Å². The van der Waals surface area contributed by atoms with Crippen LogP contribution in [0.3, 0.4) is 0 Å². The molecule has 0 aromatic heterocycles. The Bertz CT molecular complexity index is 750. The largest absolute Gasteiger partial charge is 0.494 e. The lowest BCUT2D eigenvalue weighted by Gasteiger charge is -2.33. The molecule has 3 saturated heterocycles. The number of nitrogens with one attached hydrogen (secondary N) is 2. The average Bonchev–Trinajstić information content (AvgIpc) is 3.08. The van der Waals surface area contributed by atoms with E-state index in [1.807, 2.05) is 31.2 Å². The molecule has 0 bridgehead atoms. The number of benzene rings is 1. The van der Waals surface area contributed by atoms with Crippen LogP contribution in [0.2, 0.25) is 0 Å². The van der Waals surface area contributed by atoms with Gasteiger partial charge in [-0.25, -0.2) is 4.90 Å². The number of ether oxygens (including phenoxy) is 1. The number of imide groups is 1. The van der Waals surface area contributed by atoms with Crippen LogP contribution < -0.4 is 19.4 Å². The Morgan fingerprint density at radius 2 is 1.68 bits per heavy atom. The minimum Gasteiger partial charge on any atom is -0.494 e. The quantitative estimate of drug-likeness (QED) is 0.628. The number of amides is 2. The van der Waals surface area contributed by atoms with Crippen molar-refractivity contribution in [2.45, 2.75) is 58.4 Å². The molecule has 0 radical (unpaired) electrons. The Morgan fingerprint density at radius 3 is 2.32 bits per heavy atom. The van der Waals surface area contributed by atoms with Crippen molar-refractivity contribution >= 4 is 17.5 Å². The van der Waals surface area contributed by atoms with Crippen molar-refractivity contribution in [2.24, 2.45) is 11.8 Å². The van der Waals surface area contributed by atoms with Crippen LogP contribution in [0.1, 0.15) is 52.4 Å². The van der Waals surface area contributed by atoms with Crippen molar-refractivity contribution in [3.63, 3.8) is 0 Å². The van der Waals surface area contributed by atoms with E-state index in [1.165, 1.54) is 61.5 Å². The first kappa shape index (κ1) is 22.3. The van der Waals surface area contributed by atoms with E-state index in [4.69, 9.17) is 4.74 Å². The molecule has 0 unspecified atom stereocenters. The van der Waals surface area contributed by atoms with Crippen LogP contribution in [-0.4, -0.2) is 57.2 Å². The van der Waals surface area contributed by atoms with E-state index in [-0.39, 0.29) is 17.9 Å². The zero-order chi connectivity index (χ0) is 21.8. The maximum atomic E-state index is 13.1. The smallest absolute Gasteiger partial charge is 0.292 e.